The van der Waals surface area contributed by atoms with E-state index in [1.54, 1.807) is 12.1 Å². The summed E-state index contributed by atoms with van der Waals surface area (Å²) in [5.74, 6) is 0.537. The summed E-state index contributed by atoms with van der Waals surface area (Å²) in [5, 5.41) is 0. The highest BCUT2D eigenvalue weighted by atomic mass is 16.1. The van der Waals surface area contributed by atoms with E-state index < -0.39 is 0 Å². The number of hydrogen-bond acceptors (Lipinski definition) is 1. The summed E-state index contributed by atoms with van der Waals surface area (Å²) in [7, 11) is 0. The predicted octanol–water partition coefficient (Wildman–Crippen LogP) is 3.58. The van der Waals surface area contributed by atoms with E-state index in [-0.39, 0.29) is 5.43 Å². The predicted molar refractivity (Wildman–Crippen MR) is 75.6 cm³/mol. The lowest BCUT2D eigenvalue weighted by Crippen LogP contribution is -2.11. The molecule has 0 unspecified atom stereocenters. The van der Waals surface area contributed by atoms with E-state index in [2.05, 4.69) is 42.7 Å². The number of pyridine rings is 1. The number of nitrogens with zero attached hydrogens (tertiary/aromatic N) is 1. The monoisotopic (exact) mass is 241 g/mol. The molecule has 0 N–H and O–H groups in total. The van der Waals surface area contributed by atoms with Crippen LogP contribution in [-0.2, 0) is 0 Å². The highest BCUT2D eigenvalue weighted by Crippen LogP contribution is 2.18. The molecular weight excluding hydrogens is 222 g/mol. The molecule has 2 rings (SSSR count). The minimum Gasteiger partial charge on any atom is -0.318 e. The van der Waals surface area contributed by atoms with Crippen LogP contribution in [0.15, 0.2) is 41.2 Å². The van der Waals surface area contributed by atoms with E-state index in [4.69, 9.17) is 0 Å². The average molecular weight is 241 g/mol. The minimum atomic E-state index is 0.0695. The van der Waals surface area contributed by atoms with Crippen LogP contribution in [0, 0.1) is 13.8 Å². The van der Waals surface area contributed by atoms with Crippen LogP contribution in [0.2, 0.25) is 0 Å². The Labute approximate surface area is 108 Å². The smallest absolute Gasteiger partial charge is 0.182 e. The van der Waals surface area contributed by atoms with Gasteiger partial charge in [0.25, 0.3) is 0 Å². The van der Waals surface area contributed by atoms with Gasteiger partial charge in [0.2, 0.25) is 0 Å². The molecule has 2 aromatic rings. The maximum Gasteiger partial charge on any atom is 0.182 e. The van der Waals surface area contributed by atoms with Gasteiger partial charge in [0, 0.05) is 29.2 Å². The molecule has 0 saturated heterocycles. The molecule has 0 radical (unpaired) electrons. The summed E-state index contributed by atoms with van der Waals surface area (Å²) in [6.07, 6.45) is 0. The van der Waals surface area contributed by atoms with Gasteiger partial charge in [-0.3, -0.25) is 4.79 Å². The lowest BCUT2D eigenvalue weighted by Gasteiger charge is -2.15. The molecule has 1 aromatic carbocycles. The third-order valence-corrected chi connectivity index (χ3v) is 3.23. The molecule has 0 fully saturated rings. The highest BCUT2D eigenvalue weighted by molar-refractivity contribution is 5.39. The van der Waals surface area contributed by atoms with E-state index in [1.165, 1.54) is 5.56 Å². The molecule has 1 aromatic heterocycles. The Morgan fingerprint density at radius 2 is 1.44 bits per heavy atom. The number of benzene rings is 1. The average Bonchev–Trinajstić information content (AvgIpc) is 2.28. The Kier molecular flexibility index (Phi) is 3.37. The van der Waals surface area contributed by atoms with Gasteiger partial charge >= 0.3 is 0 Å². The van der Waals surface area contributed by atoms with Crippen LogP contribution in [0.1, 0.15) is 36.7 Å². The maximum absolute atomic E-state index is 11.4. The highest BCUT2D eigenvalue weighted by Gasteiger charge is 2.05. The van der Waals surface area contributed by atoms with Crippen molar-refractivity contribution in [3.63, 3.8) is 0 Å². The molecule has 0 atom stereocenters. The summed E-state index contributed by atoms with van der Waals surface area (Å²) in [6.45, 7) is 8.30. The molecule has 2 nitrogen and oxygen atoms in total. The molecule has 94 valence electrons. The van der Waals surface area contributed by atoms with Crippen molar-refractivity contribution in [1.82, 2.24) is 4.57 Å². The second kappa shape index (κ2) is 4.81. The van der Waals surface area contributed by atoms with Gasteiger partial charge in [0.05, 0.1) is 0 Å². The van der Waals surface area contributed by atoms with Crippen LogP contribution in [0.5, 0.6) is 0 Å². The fourth-order valence-electron chi connectivity index (χ4n) is 2.28. The van der Waals surface area contributed by atoms with E-state index >= 15 is 0 Å². The Balaban J connectivity index is 2.52. The van der Waals surface area contributed by atoms with Gasteiger partial charge in [-0.2, -0.15) is 0 Å². The third kappa shape index (κ3) is 2.37. The fraction of sp³-hybridized carbons (Fsp3) is 0.312. The second-order valence-electron chi connectivity index (χ2n) is 5.06. The molecular formula is C16H19NO. The van der Waals surface area contributed by atoms with Gasteiger partial charge in [-0.05, 0) is 37.5 Å². The first-order chi connectivity index (χ1) is 8.49. The summed E-state index contributed by atoms with van der Waals surface area (Å²) in [4.78, 5) is 11.4. The van der Waals surface area contributed by atoms with Crippen molar-refractivity contribution in [3.8, 4) is 5.69 Å². The number of aromatic nitrogens is 1. The van der Waals surface area contributed by atoms with Crippen molar-refractivity contribution in [1.29, 1.82) is 0 Å². The zero-order valence-corrected chi connectivity index (χ0v) is 11.4. The molecule has 0 saturated carbocycles. The Morgan fingerprint density at radius 1 is 0.944 bits per heavy atom. The van der Waals surface area contributed by atoms with Crippen LogP contribution >= 0.6 is 0 Å². The lowest BCUT2D eigenvalue weighted by molar-refractivity contribution is 0.861. The van der Waals surface area contributed by atoms with Gasteiger partial charge in [-0.1, -0.05) is 26.0 Å². The quantitative estimate of drug-likeness (QED) is 0.787. The molecule has 0 bridgehead atoms. The second-order valence-corrected chi connectivity index (χ2v) is 5.06. The lowest BCUT2D eigenvalue weighted by atomic mass is 10.0. The zero-order valence-electron chi connectivity index (χ0n) is 11.4. The maximum atomic E-state index is 11.4. The fourth-order valence-corrected chi connectivity index (χ4v) is 2.28. The minimum absolute atomic E-state index is 0.0695. The topological polar surface area (TPSA) is 22.0 Å². The van der Waals surface area contributed by atoms with Crippen molar-refractivity contribution in [2.75, 3.05) is 0 Å². The Bertz CT molecular complexity index is 580. The normalized spacial score (nSPS) is 10.9. The van der Waals surface area contributed by atoms with Gasteiger partial charge in [-0.15, -0.1) is 0 Å². The number of hydrogen-bond donors (Lipinski definition) is 0. The van der Waals surface area contributed by atoms with Crippen molar-refractivity contribution in [2.24, 2.45) is 0 Å². The van der Waals surface area contributed by atoms with Crippen molar-refractivity contribution < 1.29 is 0 Å². The first kappa shape index (κ1) is 12.6. The van der Waals surface area contributed by atoms with Crippen LogP contribution in [0.4, 0.5) is 0 Å². The van der Waals surface area contributed by atoms with Gasteiger partial charge in [0.1, 0.15) is 0 Å². The van der Waals surface area contributed by atoms with Crippen molar-refractivity contribution in [2.45, 2.75) is 33.6 Å². The molecule has 0 aliphatic rings. The molecule has 2 heteroatoms. The standard InChI is InChI=1S/C16H19NO/c1-11(2)14-5-7-15(8-6-14)17-12(3)9-16(18)10-13(17)4/h5-11H,1-4H3. The summed E-state index contributed by atoms with van der Waals surface area (Å²) in [5.41, 5.74) is 4.44. The summed E-state index contributed by atoms with van der Waals surface area (Å²) in [6, 6.07) is 11.9. The van der Waals surface area contributed by atoms with Crippen molar-refractivity contribution in [3.05, 3.63) is 63.6 Å². The zero-order chi connectivity index (χ0) is 13.3. The van der Waals surface area contributed by atoms with E-state index in [9.17, 15) is 4.79 Å². The third-order valence-electron chi connectivity index (χ3n) is 3.23. The van der Waals surface area contributed by atoms with E-state index in [1.807, 2.05) is 13.8 Å². The summed E-state index contributed by atoms with van der Waals surface area (Å²) >= 11 is 0. The van der Waals surface area contributed by atoms with Gasteiger partial charge in [-0.25, -0.2) is 0 Å². The van der Waals surface area contributed by atoms with E-state index in [0.29, 0.717) is 5.92 Å². The van der Waals surface area contributed by atoms with Crippen LogP contribution in [0.3, 0.4) is 0 Å². The molecule has 0 spiro atoms. The molecule has 0 aliphatic heterocycles. The number of rotatable bonds is 2. The van der Waals surface area contributed by atoms with Crippen molar-refractivity contribution >= 4 is 0 Å². The van der Waals surface area contributed by atoms with Gasteiger partial charge < -0.3 is 4.57 Å². The largest absolute Gasteiger partial charge is 0.318 e. The van der Waals surface area contributed by atoms with Crippen LogP contribution < -0.4 is 5.43 Å². The van der Waals surface area contributed by atoms with Gasteiger partial charge in [0.15, 0.2) is 5.43 Å². The summed E-state index contributed by atoms with van der Waals surface area (Å²) < 4.78 is 2.10. The first-order valence-corrected chi connectivity index (χ1v) is 6.29. The molecule has 1 heterocycles. The number of aryl methyl sites for hydroxylation is 2. The Hall–Kier alpha value is -1.83. The van der Waals surface area contributed by atoms with E-state index in [0.717, 1.165) is 17.1 Å². The van der Waals surface area contributed by atoms with Crippen LogP contribution in [0.25, 0.3) is 5.69 Å². The Morgan fingerprint density at radius 3 is 1.89 bits per heavy atom. The van der Waals surface area contributed by atoms with Crippen LogP contribution in [-0.4, -0.2) is 4.57 Å². The molecule has 0 amide bonds. The molecule has 0 aliphatic carbocycles. The first-order valence-electron chi connectivity index (χ1n) is 6.29. The SMILES string of the molecule is Cc1cc(=O)cc(C)n1-c1ccc(C(C)C)cc1. The molecule has 18 heavy (non-hydrogen) atoms.